The molecule has 1 aromatic rings. The Bertz CT molecular complexity index is 876. The summed E-state index contributed by atoms with van der Waals surface area (Å²) in [6.07, 6.45) is 6.59. The summed E-state index contributed by atoms with van der Waals surface area (Å²) >= 11 is 0. The maximum atomic E-state index is 12.4. The minimum absolute atomic E-state index is 0.162. The van der Waals surface area contributed by atoms with Crippen LogP contribution in [0.5, 0.6) is 5.75 Å². The quantitative estimate of drug-likeness (QED) is 0.407. The van der Waals surface area contributed by atoms with Crippen LogP contribution in [0, 0.1) is 0 Å². The van der Waals surface area contributed by atoms with Gasteiger partial charge in [-0.05, 0) is 37.0 Å². The highest BCUT2D eigenvalue weighted by Crippen LogP contribution is 2.29. The van der Waals surface area contributed by atoms with Crippen molar-refractivity contribution in [2.24, 2.45) is 11.0 Å². The van der Waals surface area contributed by atoms with Gasteiger partial charge >= 0.3 is 6.03 Å². The van der Waals surface area contributed by atoms with Gasteiger partial charge in [-0.1, -0.05) is 36.4 Å². The zero-order chi connectivity index (χ0) is 21.7. The number of hydrogen-bond donors (Lipinski definition) is 2. The topological polar surface area (TPSA) is 92.4 Å². The Morgan fingerprint density at radius 1 is 1.40 bits per heavy atom. The van der Waals surface area contributed by atoms with Crippen LogP contribution in [0.4, 0.5) is 4.79 Å². The van der Waals surface area contributed by atoms with Gasteiger partial charge in [-0.3, -0.25) is 5.84 Å². The van der Waals surface area contributed by atoms with Crippen molar-refractivity contribution >= 4 is 11.7 Å². The van der Waals surface area contributed by atoms with E-state index < -0.39 is 0 Å². The van der Waals surface area contributed by atoms with Crippen molar-refractivity contribution < 1.29 is 14.4 Å². The minimum Gasteiger partial charge on any atom is -0.493 e. The molecule has 30 heavy (non-hydrogen) atoms. The molecule has 0 saturated heterocycles. The molecule has 8 nitrogen and oxygen atoms in total. The maximum absolute atomic E-state index is 12.4. The number of nitrogens with one attached hydrogen (secondary N) is 1. The molecule has 0 radical (unpaired) electrons. The number of nitrogens with two attached hydrogens (primary N) is 1. The van der Waals surface area contributed by atoms with E-state index in [0.717, 1.165) is 41.0 Å². The second kappa shape index (κ2) is 9.77. The van der Waals surface area contributed by atoms with Crippen molar-refractivity contribution in [2.45, 2.75) is 39.2 Å². The van der Waals surface area contributed by atoms with Crippen LogP contribution >= 0.6 is 0 Å². The van der Waals surface area contributed by atoms with Crippen LogP contribution in [0.15, 0.2) is 46.7 Å². The summed E-state index contributed by atoms with van der Waals surface area (Å²) < 4.78 is 5.64. The van der Waals surface area contributed by atoms with Crippen molar-refractivity contribution in [1.29, 1.82) is 0 Å². The molecule has 1 heterocycles. The Balaban J connectivity index is 1.71. The Kier molecular flexibility index (Phi) is 7.12. The maximum Gasteiger partial charge on any atom is 0.333 e. The van der Waals surface area contributed by atoms with Crippen LogP contribution in [-0.2, 0) is 11.3 Å². The molecule has 8 heteroatoms. The molecule has 1 aromatic carbocycles. The Hall–Kier alpha value is -2.84. The number of allylic oxidation sites excluding steroid dienone is 2. The Morgan fingerprint density at radius 3 is 2.93 bits per heavy atom. The lowest BCUT2D eigenvalue weighted by Gasteiger charge is -2.29. The monoisotopic (exact) mass is 413 g/mol. The molecule has 162 valence electrons. The number of carbonyl (C=O) groups is 1. The molecule has 1 unspecified atom stereocenters. The predicted octanol–water partition coefficient (Wildman–Crippen LogP) is 2.76. The van der Waals surface area contributed by atoms with E-state index in [1.165, 1.54) is 15.7 Å². The molecule has 2 amide bonds. The van der Waals surface area contributed by atoms with Gasteiger partial charge in [0, 0.05) is 31.6 Å². The summed E-state index contributed by atoms with van der Waals surface area (Å²) in [5.74, 6) is 6.58. The molecule has 1 aliphatic heterocycles. The van der Waals surface area contributed by atoms with E-state index in [0.29, 0.717) is 19.6 Å². The zero-order valence-corrected chi connectivity index (χ0v) is 18.1. The number of nitrogens with zero attached hydrogens (tertiary/aromatic N) is 3. The van der Waals surface area contributed by atoms with E-state index in [-0.39, 0.29) is 12.1 Å². The van der Waals surface area contributed by atoms with Gasteiger partial charge in [0.2, 0.25) is 0 Å². The summed E-state index contributed by atoms with van der Waals surface area (Å²) in [7, 11) is 3.23. The fourth-order valence-electron chi connectivity index (χ4n) is 3.70. The molecular weight excluding hydrogens is 382 g/mol. The van der Waals surface area contributed by atoms with Crippen molar-refractivity contribution in [3.63, 3.8) is 0 Å². The first-order chi connectivity index (χ1) is 14.4. The number of hydrogen-bond acceptors (Lipinski definition) is 6. The molecule has 3 rings (SSSR count). The minimum atomic E-state index is -0.271. The number of fused-ring (bicyclic) bond motifs is 1. The Morgan fingerprint density at radius 2 is 2.20 bits per heavy atom. The van der Waals surface area contributed by atoms with Crippen molar-refractivity contribution in [3.05, 3.63) is 52.6 Å². The average Bonchev–Trinajstić information content (AvgIpc) is 3.22. The van der Waals surface area contributed by atoms with Crippen LogP contribution in [0.1, 0.15) is 37.8 Å². The van der Waals surface area contributed by atoms with Crippen LogP contribution < -0.4 is 15.9 Å². The smallest absolute Gasteiger partial charge is 0.333 e. The lowest BCUT2D eigenvalue weighted by Crippen LogP contribution is -2.52. The Labute approximate surface area is 177 Å². The number of carbonyl (C=O) groups excluding carboxylic acids is 1. The summed E-state index contributed by atoms with van der Waals surface area (Å²) in [4.78, 5) is 18.2. The highest BCUT2D eigenvalue weighted by atomic mass is 16.6. The first-order valence-corrected chi connectivity index (χ1v) is 10.2. The number of benzene rings is 1. The third kappa shape index (κ3) is 4.83. The molecule has 0 saturated carbocycles. The molecule has 2 aliphatic rings. The van der Waals surface area contributed by atoms with Crippen molar-refractivity contribution in [1.82, 2.24) is 15.4 Å². The summed E-state index contributed by atoms with van der Waals surface area (Å²) in [5, 5.41) is 9.96. The highest BCUT2D eigenvalue weighted by Gasteiger charge is 2.24. The molecule has 1 atom stereocenters. The number of rotatable bonds is 7. The summed E-state index contributed by atoms with van der Waals surface area (Å²) in [6, 6.07) is 5.56. The van der Waals surface area contributed by atoms with E-state index >= 15 is 0 Å². The molecule has 1 aliphatic carbocycles. The average molecular weight is 414 g/mol. The van der Waals surface area contributed by atoms with Crippen LogP contribution in [0.25, 0.3) is 0 Å². The first kappa shape index (κ1) is 21.9. The largest absolute Gasteiger partial charge is 0.493 e. The van der Waals surface area contributed by atoms with Gasteiger partial charge in [0.25, 0.3) is 0 Å². The SMILES string of the molecule is CCC1=C(CON=C(C)c2cccc3c2CCO3)C(NC(=O)N(C)N(C)N)CC=C1. The number of urea groups is 1. The van der Waals surface area contributed by atoms with Gasteiger partial charge < -0.3 is 14.9 Å². The fourth-order valence-corrected chi connectivity index (χ4v) is 3.70. The molecule has 3 N–H and O–H groups in total. The van der Waals surface area contributed by atoms with Gasteiger partial charge in [-0.25, -0.2) is 9.80 Å². The second-order valence-electron chi connectivity index (χ2n) is 7.47. The van der Waals surface area contributed by atoms with Crippen LogP contribution in [0.3, 0.4) is 0 Å². The van der Waals surface area contributed by atoms with E-state index in [2.05, 4.69) is 29.5 Å². The molecule has 0 aromatic heterocycles. The molecule has 0 fully saturated rings. The highest BCUT2D eigenvalue weighted by molar-refractivity contribution is 6.00. The number of oxime groups is 1. The lowest BCUT2D eigenvalue weighted by molar-refractivity contribution is 0.0608. The first-order valence-electron chi connectivity index (χ1n) is 10.2. The number of hydrazine groups is 2. The number of amides is 2. The summed E-state index contributed by atoms with van der Waals surface area (Å²) in [6.45, 7) is 5.04. The van der Waals surface area contributed by atoms with E-state index in [1.54, 1.807) is 14.1 Å². The van der Waals surface area contributed by atoms with E-state index in [1.807, 2.05) is 25.1 Å². The fraction of sp³-hybridized carbons (Fsp3) is 0.455. The van der Waals surface area contributed by atoms with E-state index in [9.17, 15) is 4.79 Å². The van der Waals surface area contributed by atoms with Gasteiger partial charge in [0.05, 0.1) is 18.4 Å². The summed E-state index contributed by atoms with van der Waals surface area (Å²) in [5.41, 5.74) is 5.22. The van der Waals surface area contributed by atoms with Crippen molar-refractivity contribution in [2.75, 3.05) is 27.3 Å². The second-order valence-corrected chi connectivity index (χ2v) is 7.47. The van der Waals surface area contributed by atoms with Crippen LogP contribution in [-0.4, -0.2) is 55.2 Å². The van der Waals surface area contributed by atoms with Gasteiger partial charge in [0.15, 0.2) is 0 Å². The van der Waals surface area contributed by atoms with Gasteiger partial charge in [0.1, 0.15) is 12.4 Å². The van der Waals surface area contributed by atoms with Crippen LogP contribution in [0.2, 0.25) is 0 Å². The number of ether oxygens (including phenoxy) is 1. The van der Waals surface area contributed by atoms with Gasteiger partial charge in [-0.2, -0.15) is 5.12 Å². The normalized spacial score (nSPS) is 18.3. The zero-order valence-electron chi connectivity index (χ0n) is 18.1. The van der Waals surface area contributed by atoms with Crippen molar-refractivity contribution in [3.8, 4) is 5.75 Å². The third-order valence-electron chi connectivity index (χ3n) is 5.52. The molecular formula is C22H31N5O3. The molecule has 0 spiro atoms. The van der Waals surface area contributed by atoms with Gasteiger partial charge in [-0.15, -0.1) is 0 Å². The van der Waals surface area contributed by atoms with E-state index in [4.69, 9.17) is 15.4 Å². The standard InChI is InChI=1S/C22H31N5O3/c1-5-16-8-6-10-20(24-22(28)26(3)27(4)23)19(16)14-30-25-15(2)17-9-7-11-21-18(17)12-13-29-21/h6-9,11,20H,5,10,12-14,23H2,1-4H3,(H,24,28). The third-order valence-corrected chi connectivity index (χ3v) is 5.52. The predicted molar refractivity (Wildman–Crippen MR) is 117 cm³/mol. The molecule has 0 bridgehead atoms. The lowest BCUT2D eigenvalue weighted by atomic mass is 9.92.